The van der Waals surface area contributed by atoms with Gasteiger partial charge in [-0.05, 0) is 49.6 Å². The standard InChI is InChI=1S/C20H24F3N5O3S/c21-20(22,23)31-16-4-6-17(7-5-16)32(29,30)28-14-12-26(13-15-28)18-8-9-24-19(25-18)27-10-2-1-3-11-27/h4-9H,1-3,10-15H2. The van der Waals surface area contributed by atoms with E-state index in [0.29, 0.717) is 19.0 Å². The Labute approximate surface area is 184 Å². The van der Waals surface area contributed by atoms with Crippen molar-refractivity contribution in [3.63, 3.8) is 0 Å². The van der Waals surface area contributed by atoms with Crippen LogP contribution >= 0.6 is 0 Å². The first kappa shape index (κ1) is 22.6. The molecule has 0 atom stereocenters. The van der Waals surface area contributed by atoms with Crippen LogP contribution < -0.4 is 14.5 Å². The molecule has 3 heterocycles. The molecule has 174 valence electrons. The summed E-state index contributed by atoms with van der Waals surface area (Å²) in [6, 6.07) is 6.06. The number of piperazine rings is 1. The van der Waals surface area contributed by atoms with Gasteiger partial charge in [0.2, 0.25) is 16.0 Å². The number of sulfonamides is 1. The van der Waals surface area contributed by atoms with Gasteiger partial charge in [0.25, 0.3) is 0 Å². The Hall–Kier alpha value is -2.60. The van der Waals surface area contributed by atoms with E-state index in [4.69, 9.17) is 0 Å². The van der Waals surface area contributed by atoms with Crippen molar-refractivity contribution in [1.29, 1.82) is 0 Å². The van der Waals surface area contributed by atoms with Gasteiger partial charge in [-0.3, -0.25) is 0 Å². The Morgan fingerprint density at radius 2 is 1.50 bits per heavy atom. The maximum Gasteiger partial charge on any atom is 0.573 e. The van der Waals surface area contributed by atoms with Crippen LogP contribution in [0.1, 0.15) is 19.3 Å². The SMILES string of the molecule is O=S(=O)(c1ccc(OC(F)(F)F)cc1)N1CCN(c2ccnc(N3CCCCC3)n2)CC1. The summed E-state index contributed by atoms with van der Waals surface area (Å²) < 4.78 is 67.9. The first-order chi connectivity index (χ1) is 15.2. The van der Waals surface area contributed by atoms with Gasteiger partial charge in [-0.1, -0.05) is 0 Å². The maximum atomic E-state index is 12.9. The Morgan fingerprint density at radius 1 is 0.844 bits per heavy atom. The zero-order valence-electron chi connectivity index (χ0n) is 17.3. The lowest BCUT2D eigenvalue weighted by molar-refractivity contribution is -0.274. The van der Waals surface area contributed by atoms with E-state index in [2.05, 4.69) is 19.6 Å². The fourth-order valence-electron chi connectivity index (χ4n) is 3.88. The number of nitrogens with zero attached hydrogens (tertiary/aromatic N) is 5. The average molecular weight is 472 g/mol. The van der Waals surface area contributed by atoms with Gasteiger partial charge in [-0.15, -0.1) is 13.2 Å². The lowest BCUT2D eigenvalue weighted by Crippen LogP contribution is -2.49. The summed E-state index contributed by atoms with van der Waals surface area (Å²) in [6.07, 6.45) is 0.344. The molecule has 0 spiro atoms. The minimum Gasteiger partial charge on any atom is -0.406 e. The molecule has 12 heteroatoms. The summed E-state index contributed by atoms with van der Waals surface area (Å²) >= 11 is 0. The molecule has 0 radical (unpaired) electrons. The Bertz CT molecular complexity index is 1020. The topological polar surface area (TPSA) is 78.9 Å². The van der Waals surface area contributed by atoms with E-state index in [1.807, 2.05) is 11.0 Å². The van der Waals surface area contributed by atoms with Crippen LogP contribution in [0.3, 0.4) is 0 Å². The molecule has 0 amide bonds. The zero-order valence-corrected chi connectivity index (χ0v) is 18.1. The van der Waals surface area contributed by atoms with E-state index in [1.165, 1.54) is 10.7 Å². The number of anilines is 2. The van der Waals surface area contributed by atoms with Gasteiger partial charge in [0.1, 0.15) is 11.6 Å². The molecule has 0 bridgehead atoms. The summed E-state index contributed by atoms with van der Waals surface area (Å²) in [4.78, 5) is 13.2. The van der Waals surface area contributed by atoms with E-state index in [9.17, 15) is 21.6 Å². The second-order valence-electron chi connectivity index (χ2n) is 7.67. The minimum atomic E-state index is -4.83. The third kappa shape index (κ3) is 5.23. The lowest BCUT2D eigenvalue weighted by atomic mass is 10.1. The number of ether oxygens (including phenoxy) is 1. The van der Waals surface area contributed by atoms with Crippen LogP contribution in [0.4, 0.5) is 24.9 Å². The second kappa shape index (κ2) is 9.10. The number of rotatable bonds is 5. The molecule has 0 N–H and O–H groups in total. The number of piperidine rings is 1. The Morgan fingerprint density at radius 3 is 2.12 bits per heavy atom. The van der Waals surface area contributed by atoms with E-state index < -0.39 is 22.1 Å². The van der Waals surface area contributed by atoms with Gasteiger partial charge in [-0.25, -0.2) is 13.4 Å². The van der Waals surface area contributed by atoms with E-state index in [1.54, 1.807) is 6.20 Å². The van der Waals surface area contributed by atoms with Crippen LogP contribution in [0.25, 0.3) is 0 Å². The molecular weight excluding hydrogens is 447 g/mol. The van der Waals surface area contributed by atoms with Gasteiger partial charge in [-0.2, -0.15) is 9.29 Å². The van der Waals surface area contributed by atoms with Gasteiger partial charge in [0, 0.05) is 45.5 Å². The van der Waals surface area contributed by atoms with Crippen LogP contribution in [0.5, 0.6) is 5.75 Å². The van der Waals surface area contributed by atoms with Crippen molar-refractivity contribution in [2.75, 3.05) is 49.1 Å². The quantitative estimate of drug-likeness (QED) is 0.664. The maximum absolute atomic E-state index is 12.9. The summed E-state index contributed by atoms with van der Waals surface area (Å²) in [5, 5.41) is 0. The first-order valence-electron chi connectivity index (χ1n) is 10.4. The van der Waals surface area contributed by atoms with Crippen molar-refractivity contribution >= 4 is 21.8 Å². The molecule has 1 aromatic carbocycles. The lowest BCUT2D eigenvalue weighted by Gasteiger charge is -2.35. The summed E-state index contributed by atoms with van der Waals surface area (Å²) in [5.41, 5.74) is 0. The fraction of sp³-hybridized carbons (Fsp3) is 0.500. The number of halogens is 3. The number of benzene rings is 1. The van der Waals surface area contributed by atoms with Crippen LogP contribution in [0, 0.1) is 0 Å². The van der Waals surface area contributed by atoms with Crippen molar-refractivity contribution in [3.05, 3.63) is 36.5 Å². The summed E-state index contributed by atoms with van der Waals surface area (Å²) in [6.45, 7) is 3.25. The van der Waals surface area contributed by atoms with Crippen molar-refractivity contribution < 1.29 is 26.3 Å². The van der Waals surface area contributed by atoms with Crippen molar-refractivity contribution in [3.8, 4) is 5.75 Å². The molecule has 0 saturated carbocycles. The van der Waals surface area contributed by atoms with Gasteiger partial charge in [0.15, 0.2) is 0 Å². The first-order valence-corrected chi connectivity index (χ1v) is 11.9. The molecule has 0 aliphatic carbocycles. The molecule has 2 aliphatic heterocycles. The smallest absolute Gasteiger partial charge is 0.406 e. The van der Waals surface area contributed by atoms with E-state index in [0.717, 1.165) is 56.0 Å². The monoisotopic (exact) mass is 471 g/mol. The average Bonchev–Trinajstić information content (AvgIpc) is 2.79. The normalized spacial score (nSPS) is 18.6. The summed E-state index contributed by atoms with van der Waals surface area (Å²) in [5.74, 6) is 0.985. The van der Waals surface area contributed by atoms with Crippen LogP contribution in [-0.4, -0.2) is 68.3 Å². The van der Waals surface area contributed by atoms with Gasteiger partial charge < -0.3 is 14.5 Å². The number of hydrogen-bond donors (Lipinski definition) is 0. The van der Waals surface area contributed by atoms with Crippen molar-refractivity contribution in [1.82, 2.24) is 14.3 Å². The minimum absolute atomic E-state index is 0.0742. The van der Waals surface area contributed by atoms with Crippen LogP contribution in [0.15, 0.2) is 41.4 Å². The highest BCUT2D eigenvalue weighted by Gasteiger charge is 2.32. The van der Waals surface area contributed by atoms with Crippen LogP contribution in [0.2, 0.25) is 0 Å². The second-order valence-corrected chi connectivity index (χ2v) is 9.61. The Balaban J connectivity index is 1.40. The number of hydrogen-bond acceptors (Lipinski definition) is 7. The molecular formula is C20H24F3N5O3S. The molecule has 1 aromatic heterocycles. The van der Waals surface area contributed by atoms with Gasteiger partial charge in [0.05, 0.1) is 4.90 Å². The third-order valence-electron chi connectivity index (χ3n) is 5.52. The molecule has 2 saturated heterocycles. The largest absolute Gasteiger partial charge is 0.573 e. The highest BCUT2D eigenvalue weighted by molar-refractivity contribution is 7.89. The molecule has 2 aliphatic rings. The van der Waals surface area contributed by atoms with Crippen LogP contribution in [-0.2, 0) is 10.0 Å². The third-order valence-corrected chi connectivity index (χ3v) is 7.44. The Kier molecular flexibility index (Phi) is 6.42. The molecule has 8 nitrogen and oxygen atoms in total. The molecule has 4 rings (SSSR count). The summed E-state index contributed by atoms with van der Waals surface area (Å²) in [7, 11) is -3.82. The van der Waals surface area contributed by atoms with Gasteiger partial charge >= 0.3 is 6.36 Å². The zero-order chi connectivity index (χ0) is 22.8. The van der Waals surface area contributed by atoms with E-state index >= 15 is 0 Å². The van der Waals surface area contributed by atoms with Crippen molar-refractivity contribution in [2.24, 2.45) is 0 Å². The number of aromatic nitrogens is 2. The highest BCUT2D eigenvalue weighted by atomic mass is 32.2. The molecule has 2 fully saturated rings. The predicted octanol–water partition coefficient (Wildman–Crippen LogP) is 2.88. The fourth-order valence-corrected chi connectivity index (χ4v) is 5.30. The predicted molar refractivity (Wildman–Crippen MR) is 112 cm³/mol. The number of alkyl halides is 3. The molecule has 32 heavy (non-hydrogen) atoms. The van der Waals surface area contributed by atoms with Crippen molar-refractivity contribution in [2.45, 2.75) is 30.5 Å². The molecule has 0 unspecified atom stereocenters. The molecule has 2 aromatic rings. The van der Waals surface area contributed by atoms with E-state index in [-0.39, 0.29) is 18.0 Å². The highest BCUT2D eigenvalue weighted by Crippen LogP contribution is 2.26.